The first kappa shape index (κ1) is 17.6. The summed E-state index contributed by atoms with van der Waals surface area (Å²) in [5.41, 5.74) is 4.14. The highest BCUT2D eigenvalue weighted by molar-refractivity contribution is 5.98. The van der Waals surface area contributed by atoms with E-state index in [0.717, 1.165) is 28.7 Å². The summed E-state index contributed by atoms with van der Waals surface area (Å²) in [5.74, 6) is -0.328. The zero-order valence-corrected chi connectivity index (χ0v) is 16.2. The molecule has 1 N–H and O–H groups in total. The number of nitrogens with one attached hydrogen (secondary N) is 1. The van der Waals surface area contributed by atoms with Crippen molar-refractivity contribution in [3.8, 4) is 11.3 Å². The molecule has 0 radical (unpaired) electrons. The number of hydrogen-bond donors (Lipinski definition) is 1. The minimum absolute atomic E-state index is 0.104. The number of aromatic nitrogens is 4. The third-order valence-corrected chi connectivity index (χ3v) is 5.75. The molecule has 0 unspecified atom stereocenters. The average molecular weight is 389 g/mol. The summed E-state index contributed by atoms with van der Waals surface area (Å²) in [6.45, 7) is 2.36. The number of rotatable bonds is 3. The van der Waals surface area contributed by atoms with Gasteiger partial charge < -0.3 is 9.47 Å². The van der Waals surface area contributed by atoms with Crippen molar-refractivity contribution < 1.29 is 9.18 Å². The molecule has 0 bridgehead atoms. The van der Waals surface area contributed by atoms with E-state index < -0.39 is 0 Å². The molecule has 146 valence electrons. The maximum Gasteiger partial charge on any atom is 0.271 e. The van der Waals surface area contributed by atoms with Crippen LogP contribution in [0.3, 0.4) is 0 Å². The van der Waals surface area contributed by atoms with Crippen molar-refractivity contribution in [3.05, 3.63) is 71.4 Å². The van der Waals surface area contributed by atoms with Crippen LogP contribution in [0, 0.1) is 12.7 Å². The topological polar surface area (TPSA) is 66.8 Å². The number of hydrogen-bond acceptors (Lipinski definition) is 3. The van der Waals surface area contributed by atoms with Gasteiger partial charge in [0.15, 0.2) is 0 Å². The second kappa shape index (κ2) is 6.55. The summed E-state index contributed by atoms with van der Waals surface area (Å²) in [7, 11) is 1.84. The molecule has 0 spiro atoms. The lowest BCUT2D eigenvalue weighted by molar-refractivity contribution is 0.0443. The number of fused-ring (bicyclic) bond motifs is 1. The molecule has 1 fully saturated rings. The van der Waals surface area contributed by atoms with Gasteiger partial charge in [0.25, 0.3) is 5.91 Å². The van der Waals surface area contributed by atoms with Crippen LogP contribution in [-0.4, -0.2) is 37.1 Å². The lowest BCUT2D eigenvalue weighted by Crippen LogP contribution is -2.46. The highest BCUT2D eigenvalue weighted by Gasteiger charge is 2.36. The molecule has 1 atom stereocenters. The van der Waals surface area contributed by atoms with Crippen LogP contribution in [0.15, 0.2) is 48.8 Å². The number of aryl methyl sites for hydroxylation is 2. The number of aromatic amines is 1. The Balaban J connectivity index is 1.50. The van der Waals surface area contributed by atoms with Gasteiger partial charge in [0.1, 0.15) is 17.2 Å². The zero-order chi connectivity index (χ0) is 20.1. The van der Waals surface area contributed by atoms with Crippen LogP contribution >= 0.6 is 0 Å². The maximum atomic E-state index is 14.6. The third kappa shape index (κ3) is 2.73. The summed E-state index contributed by atoms with van der Waals surface area (Å²) in [5, 5.41) is 7.64. The van der Waals surface area contributed by atoms with Crippen molar-refractivity contribution in [1.82, 2.24) is 24.6 Å². The van der Waals surface area contributed by atoms with E-state index >= 15 is 0 Å². The predicted octanol–water partition coefficient (Wildman–Crippen LogP) is 4.00. The van der Waals surface area contributed by atoms with E-state index in [4.69, 9.17) is 4.98 Å². The molecule has 1 aliphatic rings. The monoisotopic (exact) mass is 389 g/mol. The molecule has 7 heteroatoms. The molecule has 1 amide bonds. The third-order valence-electron chi connectivity index (χ3n) is 5.75. The van der Waals surface area contributed by atoms with Crippen molar-refractivity contribution >= 4 is 16.9 Å². The Hall–Kier alpha value is -3.48. The minimum Gasteiger partial charge on any atom is -0.330 e. The van der Waals surface area contributed by atoms with Crippen LogP contribution in [0.1, 0.15) is 34.1 Å². The normalized spacial score (nSPS) is 16.2. The fourth-order valence-electron chi connectivity index (χ4n) is 3.98. The average Bonchev–Trinajstić information content (AvgIpc) is 3.33. The van der Waals surface area contributed by atoms with E-state index in [2.05, 4.69) is 10.2 Å². The molecule has 6 nitrogen and oxygen atoms in total. The highest BCUT2D eigenvalue weighted by atomic mass is 19.1. The maximum absolute atomic E-state index is 14.6. The first-order valence-corrected chi connectivity index (χ1v) is 9.56. The molecule has 4 heterocycles. The molecular weight excluding hydrogens is 369 g/mol. The van der Waals surface area contributed by atoms with Crippen molar-refractivity contribution in [2.24, 2.45) is 7.05 Å². The SMILES string of the molecule is Cc1cccc([C@H]2CCN2C(=O)c2cc3ccc(-c4cn[nH]c4)nc3n2C)c1F. The second-order valence-electron chi connectivity index (χ2n) is 7.47. The van der Waals surface area contributed by atoms with Crippen LogP contribution in [0.25, 0.3) is 22.3 Å². The molecule has 3 aromatic heterocycles. The van der Waals surface area contributed by atoms with Gasteiger partial charge in [-0.05, 0) is 37.1 Å². The van der Waals surface area contributed by atoms with Gasteiger partial charge in [0.2, 0.25) is 0 Å². The summed E-state index contributed by atoms with van der Waals surface area (Å²) in [6, 6.07) is 10.8. The van der Waals surface area contributed by atoms with Crippen molar-refractivity contribution in [2.75, 3.05) is 6.54 Å². The number of carbonyl (C=O) groups excluding carboxylic acids is 1. The Kier molecular flexibility index (Phi) is 3.97. The van der Waals surface area contributed by atoms with Gasteiger partial charge in [-0.3, -0.25) is 9.89 Å². The number of H-pyrrole nitrogens is 1. The molecule has 0 aliphatic carbocycles. The zero-order valence-electron chi connectivity index (χ0n) is 16.2. The van der Waals surface area contributed by atoms with E-state index in [1.165, 1.54) is 0 Å². The lowest BCUT2D eigenvalue weighted by Gasteiger charge is -2.41. The lowest BCUT2D eigenvalue weighted by atomic mass is 9.92. The first-order chi connectivity index (χ1) is 14.0. The quantitative estimate of drug-likeness (QED) is 0.576. The van der Waals surface area contributed by atoms with Crippen LogP contribution in [0.2, 0.25) is 0 Å². The Morgan fingerprint density at radius 2 is 2.14 bits per heavy atom. The molecule has 4 aromatic rings. The van der Waals surface area contributed by atoms with Crippen LogP contribution in [-0.2, 0) is 7.05 Å². The van der Waals surface area contributed by atoms with Crippen molar-refractivity contribution in [3.63, 3.8) is 0 Å². The highest BCUT2D eigenvalue weighted by Crippen LogP contribution is 2.37. The van der Waals surface area contributed by atoms with Gasteiger partial charge in [-0.1, -0.05) is 18.2 Å². The Morgan fingerprint density at radius 1 is 1.28 bits per heavy atom. The van der Waals surface area contributed by atoms with Gasteiger partial charge in [0.05, 0.1) is 17.9 Å². The molecule has 0 saturated carbocycles. The standard InChI is InChI=1S/C22H20FN5O/c1-13-4-3-5-16(20(13)23)18-8-9-28(18)22(29)19-10-14-6-7-17(15-11-24-25-12-15)26-21(14)27(19)2/h3-7,10-12,18H,8-9H2,1-2H3,(H,24,25)/t18-/m1/s1. The molecule has 5 rings (SSSR count). The fraction of sp³-hybridized carbons (Fsp3) is 0.227. The van der Waals surface area contributed by atoms with E-state index in [9.17, 15) is 9.18 Å². The predicted molar refractivity (Wildman–Crippen MR) is 108 cm³/mol. The molecule has 1 saturated heterocycles. The summed E-state index contributed by atoms with van der Waals surface area (Å²) >= 11 is 0. The van der Waals surface area contributed by atoms with Gasteiger partial charge >= 0.3 is 0 Å². The minimum atomic E-state index is -0.227. The summed E-state index contributed by atoms with van der Waals surface area (Å²) in [4.78, 5) is 19.7. The second-order valence-corrected chi connectivity index (χ2v) is 7.47. The van der Waals surface area contributed by atoms with Crippen molar-refractivity contribution in [2.45, 2.75) is 19.4 Å². The van der Waals surface area contributed by atoms with E-state index in [1.807, 2.05) is 35.9 Å². The summed E-state index contributed by atoms with van der Waals surface area (Å²) in [6.07, 6.45) is 4.26. The largest absolute Gasteiger partial charge is 0.330 e. The van der Waals surface area contributed by atoms with Gasteiger partial charge in [0, 0.05) is 36.3 Å². The number of likely N-dealkylation sites (tertiary alicyclic amines) is 1. The molecular formula is C22H20FN5O. The van der Waals surface area contributed by atoms with Gasteiger partial charge in [-0.2, -0.15) is 5.10 Å². The molecule has 1 aromatic carbocycles. The van der Waals surface area contributed by atoms with Crippen molar-refractivity contribution in [1.29, 1.82) is 0 Å². The Morgan fingerprint density at radius 3 is 2.86 bits per heavy atom. The Labute approximate surface area is 167 Å². The van der Waals surface area contributed by atoms with Crippen LogP contribution < -0.4 is 0 Å². The van der Waals surface area contributed by atoms with Crippen LogP contribution in [0.5, 0.6) is 0 Å². The van der Waals surface area contributed by atoms with E-state index in [0.29, 0.717) is 23.4 Å². The van der Waals surface area contributed by atoms with Gasteiger partial charge in [-0.25, -0.2) is 9.37 Å². The molecule has 1 aliphatic heterocycles. The Bertz CT molecular complexity index is 1230. The number of halogens is 1. The molecule has 29 heavy (non-hydrogen) atoms. The van der Waals surface area contributed by atoms with E-state index in [1.54, 1.807) is 36.4 Å². The van der Waals surface area contributed by atoms with E-state index in [-0.39, 0.29) is 17.8 Å². The number of nitrogens with zero attached hydrogens (tertiary/aromatic N) is 4. The number of pyridine rings is 1. The van der Waals surface area contributed by atoms with Crippen LogP contribution in [0.4, 0.5) is 4.39 Å². The first-order valence-electron chi connectivity index (χ1n) is 9.56. The number of carbonyl (C=O) groups is 1. The number of amides is 1. The fourth-order valence-corrected chi connectivity index (χ4v) is 3.98. The summed E-state index contributed by atoms with van der Waals surface area (Å²) < 4.78 is 16.4. The number of benzene rings is 1. The smallest absolute Gasteiger partial charge is 0.271 e. The van der Waals surface area contributed by atoms with Gasteiger partial charge in [-0.15, -0.1) is 0 Å².